The summed E-state index contributed by atoms with van der Waals surface area (Å²) >= 11 is 0. The highest BCUT2D eigenvalue weighted by Crippen LogP contribution is 2.52. The molecule has 3 aliphatic carbocycles. The number of primary amides is 1. The van der Waals surface area contributed by atoms with E-state index in [-0.39, 0.29) is 42.1 Å². The number of aromatic hydroxyl groups is 1. The van der Waals surface area contributed by atoms with E-state index in [1.54, 1.807) is 26.2 Å². The molecule has 8 N–H and O–H groups in total. The monoisotopic (exact) mass is 576 g/mol. The smallest absolute Gasteiger partial charge is 0.255 e. The number of carbonyl (C=O) groups is 4. The van der Waals surface area contributed by atoms with Crippen LogP contribution in [-0.4, -0.2) is 81.0 Å². The van der Waals surface area contributed by atoms with Gasteiger partial charge in [0, 0.05) is 18.0 Å². The van der Waals surface area contributed by atoms with E-state index in [2.05, 4.69) is 10.6 Å². The van der Waals surface area contributed by atoms with Gasteiger partial charge in [0.15, 0.2) is 11.4 Å². The number of carbonyl (C=O) groups excluding carboxylic acids is 4. The quantitative estimate of drug-likeness (QED) is 0.183. The van der Waals surface area contributed by atoms with E-state index in [1.807, 2.05) is 30.3 Å². The standard InChI is InChI=1S/C30H32N4O8/c1-34(2)23-17-11-16-10-15-8-9-18(32-13-19(35)33-12-14-6-4-3-5-7-14)24(36)20(15)25(37)21(16)27(39)30(17,42)28(40)22(26(23)38)29(31)41/h3-9,16-17,23,32,36,38-39,42H,10-13H2,1-2H3,(H2,31,41)(H,33,35)/t16?,17?,23-,30?/m0/s1. The molecule has 3 unspecified atom stereocenters. The Labute approximate surface area is 241 Å². The van der Waals surface area contributed by atoms with Crippen molar-refractivity contribution in [1.29, 1.82) is 0 Å². The van der Waals surface area contributed by atoms with Crippen molar-refractivity contribution in [2.45, 2.75) is 31.0 Å². The summed E-state index contributed by atoms with van der Waals surface area (Å²) in [5, 5.41) is 50.5. The van der Waals surface area contributed by atoms with Crippen LogP contribution in [0.1, 0.15) is 27.9 Å². The highest BCUT2D eigenvalue weighted by atomic mass is 16.3. The number of phenolic OH excluding ortho intramolecular Hbond substituents is 1. The second-order valence-corrected chi connectivity index (χ2v) is 11.1. The van der Waals surface area contributed by atoms with Crippen molar-refractivity contribution in [1.82, 2.24) is 10.2 Å². The molecule has 2 aromatic carbocycles. The summed E-state index contributed by atoms with van der Waals surface area (Å²) in [5.41, 5.74) is 2.91. The van der Waals surface area contributed by atoms with Crippen LogP contribution in [-0.2, 0) is 27.3 Å². The average Bonchev–Trinajstić information content (AvgIpc) is 2.93. The molecule has 4 atom stereocenters. The Morgan fingerprint density at radius 3 is 2.40 bits per heavy atom. The number of nitrogens with zero attached hydrogens (tertiary/aromatic N) is 1. The molecule has 12 heteroatoms. The minimum Gasteiger partial charge on any atom is -0.510 e. The molecule has 2 amide bonds. The molecule has 0 aliphatic heterocycles. The highest BCUT2D eigenvalue weighted by Gasteiger charge is 2.63. The Kier molecular flexibility index (Phi) is 7.29. The number of hydrogen-bond acceptors (Lipinski definition) is 10. The molecule has 0 radical (unpaired) electrons. The van der Waals surface area contributed by atoms with Crippen molar-refractivity contribution in [2.24, 2.45) is 17.6 Å². The first-order chi connectivity index (χ1) is 19.9. The Balaban J connectivity index is 1.45. The number of Topliss-reactive ketones (excluding diaryl/α,β-unsaturated/α-hetero) is 2. The van der Waals surface area contributed by atoms with Crippen LogP contribution in [0.2, 0.25) is 0 Å². The zero-order valence-electron chi connectivity index (χ0n) is 23.0. The minimum atomic E-state index is -2.70. The van der Waals surface area contributed by atoms with Gasteiger partial charge in [-0.1, -0.05) is 36.4 Å². The fraction of sp³-hybridized carbons (Fsp3) is 0.333. The predicted molar refractivity (Wildman–Crippen MR) is 150 cm³/mol. The molecule has 5 rings (SSSR count). The molecule has 42 heavy (non-hydrogen) atoms. The summed E-state index contributed by atoms with van der Waals surface area (Å²) in [6.07, 6.45) is 0.189. The van der Waals surface area contributed by atoms with Crippen LogP contribution < -0.4 is 16.4 Å². The van der Waals surface area contributed by atoms with Gasteiger partial charge in [0.05, 0.1) is 23.8 Å². The van der Waals surface area contributed by atoms with E-state index in [1.165, 1.54) is 4.90 Å². The van der Waals surface area contributed by atoms with Gasteiger partial charge in [-0.2, -0.15) is 0 Å². The van der Waals surface area contributed by atoms with Gasteiger partial charge in [0.2, 0.25) is 11.7 Å². The van der Waals surface area contributed by atoms with Crippen molar-refractivity contribution < 1.29 is 39.6 Å². The Morgan fingerprint density at radius 1 is 1.07 bits per heavy atom. The number of benzene rings is 2. The number of aliphatic hydroxyl groups is 3. The molecule has 0 fully saturated rings. The van der Waals surface area contributed by atoms with Crippen molar-refractivity contribution in [3.63, 3.8) is 0 Å². The third kappa shape index (κ3) is 4.48. The summed E-state index contributed by atoms with van der Waals surface area (Å²) in [7, 11) is 3.14. The molecular weight excluding hydrogens is 544 g/mol. The maximum Gasteiger partial charge on any atom is 0.255 e. The van der Waals surface area contributed by atoms with E-state index in [9.17, 15) is 39.6 Å². The number of aliphatic hydroxyl groups excluding tert-OH is 2. The van der Waals surface area contributed by atoms with Gasteiger partial charge in [0.25, 0.3) is 5.91 Å². The number of anilines is 1. The first-order valence-electron chi connectivity index (χ1n) is 13.4. The SMILES string of the molecule is CN(C)[C@@H]1C(O)=C(C(N)=O)C(=O)C2(O)C(O)=C3C(=O)c4c(ccc(NCC(=O)NCc5ccccc5)c4O)CC3CC12. The lowest BCUT2D eigenvalue weighted by molar-refractivity contribution is -0.148. The van der Waals surface area contributed by atoms with Gasteiger partial charge in [-0.15, -0.1) is 0 Å². The normalized spacial score (nSPS) is 25.1. The molecule has 220 valence electrons. The van der Waals surface area contributed by atoms with Crippen LogP contribution in [0, 0.1) is 11.8 Å². The summed E-state index contributed by atoms with van der Waals surface area (Å²) in [4.78, 5) is 53.1. The van der Waals surface area contributed by atoms with Gasteiger partial charge in [-0.3, -0.25) is 24.1 Å². The number of phenols is 1. The van der Waals surface area contributed by atoms with E-state index in [0.29, 0.717) is 12.1 Å². The number of nitrogens with two attached hydrogens (primary N) is 1. The van der Waals surface area contributed by atoms with Gasteiger partial charge in [-0.25, -0.2) is 0 Å². The number of nitrogens with one attached hydrogen (secondary N) is 2. The Morgan fingerprint density at radius 2 is 1.76 bits per heavy atom. The second kappa shape index (κ2) is 10.6. The lowest BCUT2D eigenvalue weighted by Crippen LogP contribution is -2.63. The average molecular weight is 577 g/mol. The number of ketones is 2. The lowest BCUT2D eigenvalue weighted by atomic mass is 9.58. The van der Waals surface area contributed by atoms with Gasteiger partial charge >= 0.3 is 0 Å². The topological polar surface area (TPSA) is 203 Å². The van der Waals surface area contributed by atoms with Crippen molar-refractivity contribution in [2.75, 3.05) is 26.0 Å². The van der Waals surface area contributed by atoms with E-state index < -0.39 is 63.8 Å². The third-order valence-electron chi connectivity index (χ3n) is 8.37. The molecule has 3 aliphatic rings. The van der Waals surface area contributed by atoms with Crippen LogP contribution in [0.25, 0.3) is 0 Å². The predicted octanol–water partition coefficient (Wildman–Crippen LogP) is 0.849. The first kappa shape index (κ1) is 28.8. The largest absolute Gasteiger partial charge is 0.510 e. The molecule has 0 saturated carbocycles. The fourth-order valence-corrected chi connectivity index (χ4v) is 6.40. The number of amides is 2. The van der Waals surface area contributed by atoms with E-state index >= 15 is 0 Å². The lowest BCUT2D eigenvalue weighted by Gasteiger charge is -2.50. The summed E-state index contributed by atoms with van der Waals surface area (Å²) in [6.45, 7) is 0.115. The Bertz CT molecular complexity index is 1560. The number of fused-ring (bicyclic) bond motifs is 3. The molecule has 2 aromatic rings. The minimum absolute atomic E-state index is 0.00805. The second-order valence-electron chi connectivity index (χ2n) is 11.1. The van der Waals surface area contributed by atoms with Gasteiger partial charge in [-0.05, 0) is 50.0 Å². The van der Waals surface area contributed by atoms with Crippen molar-refractivity contribution in [3.05, 3.63) is 81.8 Å². The molecular formula is C30H32N4O8. The molecule has 0 heterocycles. The molecule has 0 bridgehead atoms. The third-order valence-corrected chi connectivity index (χ3v) is 8.37. The van der Waals surface area contributed by atoms with Crippen molar-refractivity contribution in [3.8, 4) is 5.75 Å². The van der Waals surface area contributed by atoms with Gasteiger partial charge in [0.1, 0.15) is 22.8 Å². The molecule has 0 spiro atoms. The fourth-order valence-electron chi connectivity index (χ4n) is 6.40. The van der Waals surface area contributed by atoms with Crippen LogP contribution in [0.4, 0.5) is 5.69 Å². The van der Waals surface area contributed by atoms with Crippen LogP contribution in [0.15, 0.2) is 65.1 Å². The van der Waals surface area contributed by atoms with Gasteiger partial charge < -0.3 is 36.8 Å². The van der Waals surface area contributed by atoms with Crippen LogP contribution in [0.3, 0.4) is 0 Å². The summed E-state index contributed by atoms with van der Waals surface area (Å²) in [5.74, 6) is -7.46. The summed E-state index contributed by atoms with van der Waals surface area (Å²) < 4.78 is 0. The molecule has 12 nitrogen and oxygen atoms in total. The Hall–Kier alpha value is -4.68. The van der Waals surface area contributed by atoms with E-state index in [4.69, 9.17) is 5.73 Å². The maximum atomic E-state index is 13.8. The zero-order valence-corrected chi connectivity index (χ0v) is 23.0. The first-order valence-corrected chi connectivity index (χ1v) is 13.4. The molecule has 0 aromatic heterocycles. The van der Waals surface area contributed by atoms with Crippen LogP contribution in [0.5, 0.6) is 5.75 Å². The van der Waals surface area contributed by atoms with Crippen molar-refractivity contribution >= 4 is 29.1 Å². The summed E-state index contributed by atoms with van der Waals surface area (Å²) in [6, 6.07) is 11.4. The number of hydrogen-bond donors (Lipinski definition) is 7. The number of rotatable bonds is 7. The molecule has 0 saturated heterocycles. The number of allylic oxidation sites excluding steroid dienone is 1. The van der Waals surface area contributed by atoms with E-state index in [0.717, 1.165) is 5.56 Å². The maximum absolute atomic E-state index is 13.8. The number of likely N-dealkylation sites (N-methyl/N-ethyl adjacent to an activating group) is 1. The van der Waals surface area contributed by atoms with Crippen LogP contribution >= 0.6 is 0 Å². The zero-order chi connectivity index (χ0) is 30.5. The highest BCUT2D eigenvalue weighted by molar-refractivity contribution is 6.24.